The van der Waals surface area contributed by atoms with E-state index in [1.165, 1.54) is 6.07 Å². The van der Waals surface area contributed by atoms with Gasteiger partial charge in [0.25, 0.3) is 0 Å². The molecule has 0 saturated carbocycles. The van der Waals surface area contributed by atoms with Crippen molar-refractivity contribution in [1.29, 1.82) is 0 Å². The monoisotopic (exact) mass is 440 g/mol. The molecule has 2 rings (SSSR count). The normalized spacial score (nSPS) is 11.2. The smallest absolute Gasteiger partial charge is 0.232 e. The number of rotatable bonds is 10. The summed E-state index contributed by atoms with van der Waals surface area (Å²) in [5, 5.41) is 2.71. The van der Waals surface area contributed by atoms with E-state index < -0.39 is 21.7 Å². The lowest BCUT2D eigenvalue weighted by Gasteiger charge is -2.22. The number of amides is 1. The van der Waals surface area contributed by atoms with E-state index in [1.54, 1.807) is 0 Å². The van der Waals surface area contributed by atoms with Crippen LogP contribution in [0.15, 0.2) is 36.4 Å². The van der Waals surface area contributed by atoms with Crippen LogP contribution < -0.4 is 14.4 Å². The van der Waals surface area contributed by atoms with E-state index in [4.69, 9.17) is 4.74 Å². The topological polar surface area (TPSA) is 75.7 Å². The second-order valence-corrected chi connectivity index (χ2v) is 8.91. The highest BCUT2D eigenvalue weighted by Crippen LogP contribution is 2.21. The molecule has 0 aliphatic rings. The molecule has 0 fully saturated rings. The number of sulfonamides is 1. The molecule has 0 atom stereocenters. The Balaban J connectivity index is 1.79. The standard InChI is InChI=1S/C21H26F2N2O4S/c1-15-6-9-20(16(2)13-15)29-12-10-24-21(26)5-4-11-25(30(3,27)28)17-7-8-18(22)19(23)14-17/h6-9,13-14H,4-5,10-12H2,1-3H3,(H,24,26). The van der Waals surface area contributed by atoms with Crippen molar-refractivity contribution in [3.63, 3.8) is 0 Å². The van der Waals surface area contributed by atoms with Crippen LogP contribution >= 0.6 is 0 Å². The first-order valence-electron chi connectivity index (χ1n) is 9.47. The van der Waals surface area contributed by atoms with E-state index in [-0.39, 0.29) is 31.0 Å². The van der Waals surface area contributed by atoms with Gasteiger partial charge in [-0.3, -0.25) is 9.10 Å². The van der Waals surface area contributed by atoms with Gasteiger partial charge in [-0.05, 0) is 44.0 Å². The van der Waals surface area contributed by atoms with Crippen molar-refractivity contribution in [2.24, 2.45) is 0 Å². The number of nitrogens with zero attached hydrogens (tertiary/aromatic N) is 1. The third-order valence-electron chi connectivity index (χ3n) is 4.37. The Morgan fingerprint density at radius 2 is 1.83 bits per heavy atom. The minimum atomic E-state index is -3.71. The maximum Gasteiger partial charge on any atom is 0.232 e. The van der Waals surface area contributed by atoms with Crippen molar-refractivity contribution in [3.8, 4) is 5.75 Å². The summed E-state index contributed by atoms with van der Waals surface area (Å²) in [5.41, 5.74) is 2.16. The molecule has 0 saturated heterocycles. The van der Waals surface area contributed by atoms with Gasteiger partial charge in [0.15, 0.2) is 11.6 Å². The minimum absolute atomic E-state index is 0.0127. The lowest BCUT2D eigenvalue weighted by Crippen LogP contribution is -2.33. The molecule has 0 spiro atoms. The molecule has 9 heteroatoms. The highest BCUT2D eigenvalue weighted by molar-refractivity contribution is 7.92. The zero-order chi connectivity index (χ0) is 22.3. The van der Waals surface area contributed by atoms with Gasteiger partial charge in [0, 0.05) is 19.0 Å². The van der Waals surface area contributed by atoms with Gasteiger partial charge in [0.2, 0.25) is 15.9 Å². The zero-order valence-electron chi connectivity index (χ0n) is 17.2. The fourth-order valence-electron chi connectivity index (χ4n) is 2.91. The molecule has 0 aliphatic heterocycles. The van der Waals surface area contributed by atoms with Gasteiger partial charge in [-0.1, -0.05) is 17.7 Å². The van der Waals surface area contributed by atoms with Gasteiger partial charge in [0.1, 0.15) is 12.4 Å². The van der Waals surface area contributed by atoms with E-state index in [9.17, 15) is 22.0 Å². The minimum Gasteiger partial charge on any atom is -0.491 e. The van der Waals surface area contributed by atoms with Crippen LogP contribution in [0.4, 0.5) is 14.5 Å². The molecule has 2 aromatic carbocycles. The van der Waals surface area contributed by atoms with E-state index in [0.29, 0.717) is 13.2 Å². The van der Waals surface area contributed by atoms with Crippen LogP contribution in [0.5, 0.6) is 5.75 Å². The summed E-state index contributed by atoms with van der Waals surface area (Å²) in [6.07, 6.45) is 1.27. The van der Waals surface area contributed by atoms with Crippen molar-refractivity contribution in [1.82, 2.24) is 5.32 Å². The molecule has 6 nitrogen and oxygen atoms in total. The highest BCUT2D eigenvalue weighted by Gasteiger charge is 2.19. The molecule has 1 amide bonds. The van der Waals surface area contributed by atoms with Crippen LogP contribution in [-0.2, 0) is 14.8 Å². The second kappa shape index (κ2) is 10.4. The number of hydrogen-bond acceptors (Lipinski definition) is 4. The van der Waals surface area contributed by atoms with Gasteiger partial charge in [-0.15, -0.1) is 0 Å². The first-order chi connectivity index (χ1) is 14.1. The summed E-state index contributed by atoms with van der Waals surface area (Å²) in [7, 11) is -3.71. The van der Waals surface area contributed by atoms with Crippen LogP contribution in [0.25, 0.3) is 0 Å². The Labute approximate surface area is 175 Å². The van der Waals surface area contributed by atoms with Crippen LogP contribution in [0.3, 0.4) is 0 Å². The van der Waals surface area contributed by atoms with E-state index in [1.807, 2.05) is 32.0 Å². The molecule has 0 heterocycles. The maximum atomic E-state index is 13.4. The van der Waals surface area contributed by atoms with E-state index >= 15 is 0 Å². The molecule has 2 aromatic rings. The fourth-order valence-corrected chi connectivity index (χ4v) is 3.87. The van der Waals surface area contributed by atoms with E-state index in [2.05, 4.69) is 5.32 Å². The van der Waals surface area contributed by atoms with Crippen LogP contribution in [0.1, 0.15) is 24.0 Å². The molecular formula is C21H26F2N2O4S. The van der Waals surface area contributed by atoms with Crippen molar-refractivity contribution < 1.29 is 26.7 Å². The molecule has 0 radical (unpaired) electrons. The van der Waals surface area contributed by atoms with Crippen molar-refractivity contribution in [2.75, 3.05) is 30.3 Å². The fraction of sp³-hybridized carbons (Fsp3) is 0.381. The largest absolute Gasteiger partial charge is 0.491 e. The first kappa shape index (κ1) is 23.6. The average molecular weight is 441 g/mol. The van der Waals surface area contributed by atoms with Gasteiger partial charge in [-0.25, -0.2) is 17.2 Å². The number of hydrogen-bond donors (Lipinski definition) is 1. The molecule has 0 aromatic heterocycles. The third-order valence-corrected chi connectivity index (χ3v) is 5.56. The van der Waals surface area contributed by atoms with E-state index in [0.717, 1.165) is 39.6 Å². The number of carbonyl (C=O) groups is 1. The van der Waals surface area contributed by atoms with Crippen LogP contribution in [0, 0.1) is 25.5 Å². The summed E-state index contributed by atoms with van der Waals surface area (Å²) < 4.78 is 57.1. The number of halogens is 2. The molecule has 1 N–H and O–H groups in total. The summed E-state index contributed by atoms with van der Waals surface area (Å²) in [6.45, 7) is 4.53. The van der Waals surface area contributed by atoms with Crippen molar-refractivity contribution in [2.45, 2.75) is 26.7 Å². The predicted octanol–water partition coefficient (Wildman–Crippen LogP) is 3.32. The Bertz CT molecular complexity index is 996. The Morgan fingerprint density at radius 3 is 2.47 bits per heavy atom. The van der Waals surface area contributed by atoms with Gasteiger partial charge in [-0.2, -0.15) is 0 Å². The number of ether oxygens (including phenoxy) is 1. The highest BCUT2D eigenvalue weighted by atomic mass is 32.2. The zero-order valence-corrected chi connectivity index (χ0v) is 18.1. The lowest BCUT2D eigenvalue weighted by molar-refractivity contribution is -0.121. The second-order valence-electron chi connectivity index (χ2n) is 7.00. The molecule has 164 valence electrons. The lowest BCUT2D eigenvalue weighted by atomic mass is 10.1. The third kappa shape index (κ3) is 6.98. The summed E-state index contributed by atoms with van der Waals surface area (Å²) in [4.78, 5) is 12.0. The number of aryl methyl sites for hydroxylation is 2. The van der Waals surface area contributed by atoms with Gasteiger partial charge in [0.05, 0.1) is 18.5 Å². The molecule has 0 unspecified atom stereocenters. The quantitative estimate of drug-likeness (QED) is 0.575. The van der Waals surface area contributed by atoms with Gasteiger partial charge >= 0.3 is 0 Å². The molecule has 30 heavy (non-hydrogen) atoms. The predicted molar refractivity (Wildman–Crippen MR) is 112 cm³/mol. The number of carbonyl (C=O) groups excluding carboxylic acids is 1. The Hall–Kier alpha value is -2.68. The van der Waals surface area contributed by atoms with Gasteiger partial charge < -0.3 is 10.1 Å². The first-order valence-corrected chi connectivity index (χ1v) is 11.3. The molecule has 0 aliphatic carbocycles. The average Bonchev–Trinajstić information content (AvgIpc) is 2.65. The summed E-state index contributed by atoms with van der Waals surface area (Å²) in [5.74, 6) is -1.69. The number of anilines is 1. The Morgan fingerprint density at radius 1 is 1.10 bits per heavy atom. The van der Waals surface area contributed by atoms with Crippen LogP contribution in [-0.4, -0.2) is 40.3 Å². The van der Waals surface area contributed by atoms with Crippen LogP contribution in [0.2, 0.25) is 0 Å². The molecular weight excluding hydrogens is 414 g/mol. The summed E-state index contributed by atoms with van der Waals surface area (Å²) >= 11 is 0. The summed E-state index contributed by atoms with van der Waals surface area (Å²) in [6, 6.07) is 8.70. The number of benzene rings is 2. The SMILES string of the molecule is Cc1ccc(OCCNC(=O)CCCN(c2ccc(F)c(F)c2)S(C)(=O)=O)c(C)c1. The van der Waals surface area contributed by atoms with Crippen molar-refractivity contribution in [3.05, 3.63) is 59.2 Å². The van der Waals surface area contributed by atoms with Crippen molar-refractivity contribution >= 4 is 21.6 Å². The number of nitrogens with one attached hydrogen (secondary N) is 1. The molecule has 0 bridgehead atoms. The Kier molecular flexibility index (Phi) is 8.16. The maximum absolute atomic E-state index is 13.4.